The number of hydrogen-bond acceptors (Lipinski definition) is 9. The summed E-state index contributed by atoms with van der Waals surface area (Å²) in [4.78, 5) is 32.8. The summed E-state index contributed by atoms with van der Waals surface area (Å²) in [5.41, 5.74) is 1.86. The van der Waals surface area contributed by atoms with Crippen molar-refractivity contribution >= 4 is 28.3 Å². The van der Waals surface area contributed by atoms with Crippen LogP contribution in [0, 0.1) is 0 Å². The number of carbonyl (C=O) groups excluding carboxylic acids is 2. The molecule has 10 nitrogen and oxygen atoms in total. The van der Waals surface area contributed by atoms with Crippen molar-refractivity contribution in [2.45, 2.75) is 24.9 Å². The number of nitrogens with zero attached hydrogens (tertiary/aromatic N) is 5. The van der Waals surface area contributed by atoms with Crippen molar-refractivity contribution in [1.29, 1.82) is 0 Å². The molecule has 188 valence electrons. The van der Waals surface area contributed by atoms with Gasteiger partial charge in [0.15, 0.2) is 11.5 Å². The third-order valence-corrected chi connectivity index (χ3v) is 7.43. The molecular formula is C25H27N5O5S. The van der Waals surface area contributed by atoms with E-state index in [0.29, 0.717) is 47.8 Å². The molecule has 2 aliphatic rings. The van der Waals surface area contributed by atoms with Crippen LogP contribution in [0.2, 0.25) is 0 Å². The van der Waals surface area contributed by atoms with Crippen molar-refractivity contribution < 1.29 is 23.8 Å². The molecule has 0 radical (unpaired) electrons. The van der Waals surface area contributed by atoms with Crippen LogP contribution < -0.4 is 14.4 Å². The van der Waals surface area contributed by atoms with Crippen LogP contribution in [0.1, 0.15) is 24.3 Å². The van der Waals surface area contributed by atoms with E-state index >= 15 is 0 Å². The van der Waals surface area contributed by atoms with Crippen LogP contribution in [0.3, 0.4) is 0 Å². The topological polar surface area (TPSA) is 107 Å². The molecule has 1 aromatic carbocycles. The normalized spacial score (nSPS) is 19.5. The van der Waals surface area contributed by atoms with Gasteiger partial charge in [0.2, 0.25) is 16.9 Å². The average molecular weight is 510 g/mol. The van der Waals surface area contributed by atoms with Gasteiger partial charge in [-0.05, 0) is 29.8 Å². The number of carbonyl (C=O) groups is 2. The molecule has 0 saturated carbocycles. The molecular weight excluding hydrogens is 482 g/mol. The zero-order valence-electron chi connectivity index (χ0n) is 20.1. The van der Waals surface area contributed by atoms with E-state index in [1.807, 2.05) is 30.3 Å². The fraction of sp³-hybridized carbons (Fsp3) is 0.400. The molecule has 4 heterocycles. The molecule has 1 unspecified atom stereocenters. The van der Waals surface area contributed by atoms with Crippen LogP contribution in [-0.2, 0) is 14.3 Å². The van der Waals surface area contributed by atoms with Crippen LogP contribution >= 0.6 is 11.3 Å². The largest absolute Gasteiger partial charge is 0.493 e. The van der Waals surface area contributed by atoms with Gasteiger partial charge in [-0.3, -0.25) is 19.5 Å². The van der Waals surface area contributed by atoms with Crippen LogP contribution in [-0.4, -0.2) is 78.5 Å². The van der Waals surface area contributed by atoms with Crippen molar-refractivity contribution in [3.63, 3.8) is 0 Å². The fourth-order valence-electron chi connectivity index (χ4n) is 4.31. The standard InChI is InChI=1S/C25H27N5O5S/c1-29(25-28-27-24(36-25)16-5-8-26-9-6-16)23(32)14-30-13-18(12-22(30)31)17-3-4-20(33-2)21(11-17)35-19-7-10-34-15-19/h3-6,8-9,11,18-19H,7,10,12-15H2,1-2H3/t18?,19-/m1/s1. The minimum atomic E-state index is -0.221. The highest BCUT2D eigenvalue weighted by atomic mass is 32.1. The molecule has 2 atom stereocenters. The lowest BCUT2D eigenvalue weighted by atomic mass is 9.98. The van der Waals surface area contributed by atoms with Crippen LogP contribution in [0.5, 0.6) is 11.5 Å². The number of amides is 2. The molecule has 0 N–H and O–H groups in total. The van der Waals surface area contributed by atoms with E-state index in [9.17, 15) is 9.59 Å². The number of likely N-dealkylation sites (N-methyl/N-ethyl adjacent to an activating group) is 1. The summed E-state index contributed by atoms with van der Waals surface area (Å²) in [6.07, 6.45) is 4.52. The zero-order valence-corrected chi connectivity index (χ0v) is 20.9. The Balaban J connectivity index is 1.23. The molecule has 5 rings (SSSR count). The molecule has 0 spiro atoms. The second kappa shape index (κ2) is 10.6. The zero-order chi connectivity index (χ0) is 25.1. The third-order valence-electron chi connectivity index (χ3n) is 6.38. The smallest absolute Gasteiger partial charge is 0.248 e. The first-order chi connectivity index (χ1) is 17.5. The quantitative estimate of drug-likeness (QED) is 0.456. The SMILES string of the molecule is COc1ccc(C2CC(=O)N(CC(=O)N(C)c3nnc(-c4ccncc4)s3)C2)cc1O[C@@H]1CCOC1. The van der Waals surface area contributed by atoms with Crippen LogP contribution in [0.15, 0.2) is 42.7 Å². The second-order valence-electron chi connectivity index (χ2n) is 8.77. The fourth-order valence-corrected chi connectivity index (χ4v) is 5.14. The highest BCUT2D eigenvalue weighted by Gasteiger charge is 2.33. The summed E-state index contributed by atoms with van der Waals surface area (Å²) in [6.45, 7) is 1.67. The third kappa shape index (κ3) is 5.17. The maximum Gasteiger partial charge on any atom is 0.248 e. The number of methoxy groups -OCH3 is 1. The van der Waals surface area contributed by atoms with E-state index < -0.39 is 0 Å². The predicted octanol–water partition coefficient (Wildman–Crippen LogP) is 2.76. The Hall–Kier alpha value is -3.57. The maximum absolute atomic E-state index is 13.0. The second-order valence-corrected chi connectivity index (χ2v) is 9.72. The van der Waals surface area contributed by atoms with Gasteiger partial charge in [0, 0.05) is 50.3 Å². The predicted molar refractivity (Wildman–Crippen MR) is 133 cm³/mol. The summed E-state index contributed by atoms with van der Waals surface area (Å²) in [7, 11) is 3.25. The monoisotopic (exact) mass is 509 g/mol. The van der Waals surface area contributed by atoms with Gasteiger partial charge in [0.25, 0.3) is 0 Å². The van der Waals surface area contributed by atoms with Crippen molar-refractivity contribution in [1.82, 2.24) is 20.1 Å². The first kappa shape index (κ1) is 24.1. The Morgan fingerprint density at radius 3 is 2.81 bits per heavy atom. The van der Waals surface area contributed by atoms with E-state index in [1.54, 1.807) is 31.5 Å². The lowest BCUT2D eigenvalue weighted by molar-refractivity contribution is -0.132. The minimum absolute atomic E-state index is 0.0107. The van der Waals surface area contributed by atoms with Gasteiger partial charge in [-0.15, -0.1) is 10.2 Å². The number of ether oxygens (including phenoxy) is 3. The number of pyridine rings is 1. The summed E-state index contributed by atoms with van der Waals surface area (Å²) < 4.78 is 17.0. The van der Waals surface area contributed by atoms with Crippen molar-refractivity contribution in [3.05, 3.63) is 48.3 Å². The Morgan fingerprint density at radius 1 is 1.22 bits per heavy atom. The van der Waals surface area contributed by atoms with E-state index in [0.717, 1.165) is 17.5 Å². The van der Waals surface area contributed by atoms with E-state index in [1.165, 1.54) is 16.2 Å². The molecule has 2 aromatic heterocycles. The molecule has 36 heavy (non-hydrogen) atoms. The molecule has 0 bridgehead atoms. The van der Waals surface area contributed by atoms with Gasteiger partial charge in [-0.1, -0.05) is 17.4 Å². The molecule has 11 heteroatoms. The summed E-state index contributed by atoms with van der Waals surface area (Å²) in [6, 6.07) is 9.43. The summed E-state index contributed by atoms with van der Waals surface area (Å²) in [5, 5.41) is 9.51. The number of rotatable bonds is 8. The van der Waals surface area contributed by atoms with Gasteiger partial charge in [-0.25, -0.2) is 0 Å². The molecule has 2 aliphatic heterocycles. The Bertz CT molecular complexity index is 1230. The Labute approximate surface area is 212 Å². The van der Waals surface area contributed by atoms with Crippen LogP contribution in [0.25, 0.3) is 10.6 Å². The average Bonchev–Trinajstić information content (AvgIpc) is 3.66. The molecule has 2 fully saturated rings. The Morgan fingerprint density at radius 2 is 2.06 bits per heavy atom. The maximum atomic E-state index is 13.0. The van der Waals surface area contributed by atoms with Crippen molar-refractivity contribution in [2.75, 3.05) is 45.4 Å². The molecule has 0 aliphatic carbocycles. The van der Waals surface area contributed by atoms with Gasteiger partial charge in [0.05, 0.1) is 20.3 Å². The number of aromatic nitrogens is 3. The number of anilines is 1. The van der Waals surface area contributed by atoms with Crippen molar-refractivity contribution in [3.8, 4) is 22.1 Å². The molecule has 3 aromatic rings. The van der Waals surface area contributed by atoms with Crippen molar-refractivity contribution in [2.24, 2.45) is 0 Å². The van der Waals surface area contributed by atoms with Crippen LogP contribution in [0.4, 0.5) is 5.13 Å². The van der Waals surface area contributed by atoms with Gasteiger partial charge < -0.3 is 19.1 Å². The van der Waals surface area contributed by atoms with E-state index in [2.05, 4.69) is 15.2 Å². The highest BCUT2D eigenvalue weighted by Crippen LogP contribution is 2.36. The molecule has 2 saturated heterocycles. The van der Waals surface area contributed by atoms with E-state index in [-0.39, 0.29) is 30.4 Å². The van der Waals surface area contributed by atoms with Gasteiger partial charge in [-0.2, -0.15) is 0 Å². The lowest BCUT2D eigenvalue weighted by Crippen LogP contribution is -2.39. The first-order valence-corrected chi connectivity index (χ1v) is 12.5. The van der Waals surface area contributed by atoms with Gasteiger partial charge >= 0.3 is 0 Å². The lowest BCUT2D eigenvalue weighted by Gasteiger charge is -2.20. The number of benzene rings is 1. The molecule has 2 amide bonds. The highest BCUT2D eigenvalue weighted by molar-refractivity contribution is 7.18. The van der Waals surface area contributed by atoms with E-state index in [4.69, 9.17) is 14.2 Å². The van der Waals surface area contributed by atoms with Gasteiger partial charge in [0.1, 0.15) is 17.7 Å². The first-order valence-electron chi connectivity index (χ1n) is 11.7. The Kier molecular flexibility index (Phi) is 7.10. The summed E-state index contributed by atoms with van der Waals surface area (Å²) in [5.74, 6) is 0.976. The summed E-state index contributed by atoms with van der Waals surface area (Å²) >= 11 is 1.31. The number of likely N-dealkylation sites (tertiary alicyclic amines) is 1. The number of hydrogen-bond donors (Lipinski definition) is 0. The minimum Gasteiger partial charge on any atom is -0.493 e.